The van der Waals surface area contributed by atoms with Crippen molar-refractivity contribution in [3.8, 4) is 0 Å². The van der Waals surface area contributed by atoms with Crippen LogP contribution in [0.1, 0.15) is 46.3 Å². The summed E-state index contributed by atoms with van der Waals surface area (Å²) in [5, 5.41) is 4.75. The van der Waals surface area contributed by atoms with Gasteiger partial charge in [0.25, 0.3) is 5.91 Å². The summed E-state index contributed by atoms with van der Waals surface area (Å²) in [5.74, 6) is 0.734. The zero-order valence-corrected chi connectivity index (χ0v) is 19.3. The lowest BCUT2D eigenvalue weighted by Gasteiger charge is -2.53. The Morgan fingerprint density at radius 2 is 1.90 bits per heavy atom. The van der Waals surface area contributed by atoms with Gasteiger partial charge in [0.15, 0.2) is 5.76 Å². The van der Waals surface area contributed by atoms with Crippen LogP contribution in [0.4, 0.5) is 0 Å². The first-order chi connectivity index (χ1) is 14.0. The van der Waals surface area contributed by atoms with Crippen molar-refractivity contribution in [2.24, 2.45) is 0 Å². The second-order valence-electron chi connectivity index (χ2n) is 9.19. The molecule has 1 fully saturated rings. The molecule has 162 valence electrons. The fourth-order valence-corrected chi connectivity index (χ4v) is 4.49. The zero-order chi connectivity index (χ0) is 22.1. The summed E-state index contributed by atoms with van der Waals surface area (Å²) in [4.78, 5) is 15.2. The average Bonchev–Trinajstić information content (AvgIpc) is 3.04. The highest BCUT2D eigenvalue weighted by molar-refractivity contribution is 6.31. The van der Waals surface area contributed by atoms with Crippen LogP contribution in [0, 0.1) is 0 Å². The predicted octanol–water partition coefficient (Wildman–Crippen LogP) is 5.40. The number of allylic oxidation sites excluding steroid dienone is 2. The maximum Gasteiger partial charge on any atom is 0.286 e. The van der Waals surface area contributed by atoms with Gasteiger partial charge in [-0.1, -0.05) is 17.7 Å². The fourth-order valence-electron chi connectivity index (χ4n) is 4.31. The van der Waals surface area contributed by atoms with Crippen LogP contribution in [0.2, 0.25) is 5.02 Å². The molecule has 0 saturated carbocycles. The van der Waals surface area contributed by atoms with Gasteiger partial charge in [-0.25, -0.2) is 0 Å². The van der Waals surface area contributed by atoms with Gasteiger partial charge < -0.3 is 14.5 Å². The highest BCUT2D eigenvalue weighted by Gasteiger charge is 2.43. The highest BCUT2D eigenvalue weighted by atomic mass is 35.5. The smallest absolute Gasteiger partial charge is 0.286 e. The van der Waals surface area contributed by atoms with Gasteiger partial charge in [0.2, 0.25) is 0 Å². The summed E-state index contributed by atoms with van der Waals surface area (Å²) in [6.07, 6.45) is 6.96. The maximum atomic E-state index is 12.8. The minimum absolute atomic E-state index is 0.000732. The largest absolute Gasteiger partial charge is 0.491 e. The molecule has 0 bridgehead atoms. The summed E-state index contributed by atoms with van der Waals surface area (Å²) in [5.41, 5.74) is 0.766. The number of methoxy groups -OCH3 is 1. The SMILES string of the molecule is COC(=CC=Cc1cc2cc(Cl)ccc2o1)C(=O)NC1CC(C)(C)N(C)C(C)(C)C1. The first-order valence-corrected chi connectivity index (χ1v) is 10.6. The van der Waals surface area contributed by atoms with Crippen molar-refractivity contribution in [3.63, 3.8) is 0 Å². The topological polar surface area (TPSA) is 54.7 Å². The van der Waals surface area contributed by atoms with Crippen molar-refractivity contribution in [3.05, 3.63) is 53.0 Å². The van der Waals surface area contributed by atoms with E-state index in [1.165, 1.54) is 7.11 Å². The molecule has 1 saturated heterocycles. The van der Waals surface area contributed by atoms with Gasteiger partial charge in [-0.2, -0.15) is 0 Å². The standard InChI is InChI=1S/C24H31ClN2O3/c1-23(2)14-18(15-24(3,4)27(23)5)26-22(28)21(29-6)9-7-8-19-13-16-12-17(25)10-11-20(16)30-19/h7-13,18H,14-15H2,1-6H3,(H,26,28). The van der Waals surface area contributed by atoms with Gasteiger partial charge in [-0.05, 0) is 84.0 Å². The third-order valence-electron chi connectivity index (χ3n) is 6.09. The van der Waals surface area contributed by atoms with Crippen molar-refractivity contribution >= 4 is 34.6 Å². The second kappa shape index (κ2) is 8.48. The maximum absolute atomic E-state index is 12.8. The van der Waals surface area contributed by atoms with E-state index in [-0.39, 0.29) is 28.8 Å². The first-order valence-electron chi connectivity index (χ1n) is 10.2. The van der Waals surface area contributed by atoms with Crippen LogP contribution in [0.3, 0.4) is 0 Å². The third kappa shape index (κ3) is 4.90. The highest BCUT2D eigenvalue weighted by Crippen LogP contribution is 2.36. The van der Waals surface area contributed by atoms with Crippen molar-refractivity contribution in [1.82, 2.24) is 10.2 Å². The number of fused-ring (bicyclic) bond motifs is 1. The van der Waals surface area contributed by atoms with Crippen molar-refractivity contribution in [2.75, 3.05) is 14.2 Å². The average molecular weight is 431 g/mol. The lowest BCUT2D eigenvalue weighted by Crippen LogP contribution is -2.62. The first kappa shape index (κ1) is 22.4. The number of piperidine rings is 1. The number of ether oxygens (including phenoxy) is 1. The molecule has 0 radical (unpaired) electrons. The van der Waals surface area contributed by atoms with Gasteiger partial charge in [-0.3, -0.25) is 9.69 Å². The van der Waals surface area contributed by atoms with E-state index >= 15 is 0 Å². The molecule has 1 aromatic carbocycles. The van der Waals surface area contributed by atoms with Crippen LogP contribution in [0.15, 0.2) is 46.6 Å². The van der Waals surface area contributed by atoms with Crippen LogP contribution in [-0.2, 0) is 9.53 Å². The van der Waals surface area contributed by atoms with E-state index < -0.39 is 0 Å². The number of nitrogens with one attached hydrogen (secondary N) is 1. The molecule has 0 spiro atoms. The van der Waals surface area contributed by atoms with E-state index in [2.05, 4.69) is 45.0 Å². The van der Waals surface area contributed by atoms with Gasteiger partial charge in [0, 0.05) is 27.5 Å². The number of likely N-dealkylation sites (tertiary alicyclic amines) is 1. The number of halogens is 1. The summed E-state index contributed by atoms with van der Waals surface area (Å²) >= 11 is 6.02. The number of hydrogen-bond donors (Lipinski definition) is 1. The number of carbonyl (C=O) groups excluding carboxylic acids is 1. The van der Waals surface area contributed by atoms with E-state index in [1.54, 1.807) is 24.3 Å². The molecule has 0 atom stereocenters. The molecular weight excluding hydrogens is 400 g/mol. The fraction of sp³-hybridized carbons (Fsp3) is 0.458. The Labute approximate surface area is 183 Å². The Hall–Kier alpha value is -2.24. The van der Waals surface area contributed by atoms with E-state index in [4.69, 9.17) is 20.8 Å². The molecule has 0 unspecified atom stereocenters. The molecule has 30 heavy (non-hydrogen) atoms. The lowest BCUT2D eigenvalue weighted by atomic mass is 9.77. The van der Waals surface area contributed by atoms with E-state index in [0.29, 0.717) is 10.8 Å². The molecule has 1 aliphatic heterocycles. The predicted molar refractivity (Wildman–Crippen MR) is 122 cm³/mol. The van der Waals surface area contributed by atoms with Crippen LogP contribution in [0.25, 0.3) is 17.0 Å². The molecule has 3 rings (SSSR count). The number of hydrogen-bond acceptors (Lipinski definition) is 4. The quantitative estimate of drug-likeness (QED) is 0.392. The van der Waals surface area contributed by atoms with Crippen LogP contribution < -0.4 is 5.32 Å². The number of rotatable bonds is 5. The number of nitrogens with zero attached hydrogens (tertiary/aromatic N) is 1. The molecule has 1 N–H and O–H groups in total. The lowest BCUT2D eigenvalue weighted by molar-refractivity contribution is -0.122. The Kier molecular flexibility index (Phi) is 6.34. The summed E-state index contributed by atoms with van der Waals surface area (Å²) in [7, 11) is 3.65. The van der Waals surface area contributed by atoms with Crippen LogP contribution in [-0.4, -0.2) is 42.1 Å². The monoisotopic (exact) mass is 430 g/mol. The van der Waals surface area contributed by atoms with Gasteiger partial charge >= 0.3 is 0 Å². The van der Waals surface area contributed by atoms with Gasteiger partial charge in [0.1, 0.15) is 11.3 Å². The Morgan fingerprint density at radius 3 is 2.53 bits per heavy atom. The number of carbonyl (C=O) groups is 1. The van der Waals surface area contributed by atoms with E-state index in [0.717, 1.165) is 23.8 Å². The van der Waals surface area contributed by atoms with Crippen molar-refractivity contribution in [1.29, 1.82) is 0 Å². The van der Waals surface area contributed by atoms with Crippen LogP contribution in [0.5, 0.6) is 0 Å². The van der Waals surface area contributed by atoms with Crippen molar-refractivity contribution < 1.29 is 13.9 Å². The number of benzene rings is 1. The zero-order valence-electron chi connectivity index (χ0n) is 18.6. The Balaban J connectivity index is 1.69. The molecule has 1 aromatic heterocycles. The summed E-state index contributed by atoms with van der Waals surface area (Å²) in [6.45, 7) is 8.85. The Morgan fingerprint density at radius 1 is 1.23 bits per heavy atom. The second-order valence-corrected chi connectivity index (χ2v) is 9.62. The minimum atomic E-state index is -0.209. The van der Waals surface area contributed by atoms with Gasteiger partial charge in [-0.15, -0.1) is 0 Å². The summed E-state index contributed by atoms with van der Waals surface area (Å²) in [6, 6.07) is 7.47. The van der Waals surface area contributed by atoms with Gasteiger partial charge in [0.05, 0.1) is 7.11 Å². The number of furan rings is 1. The van der Waals surface area contributed by atoms with E-state index in [1.807, 2.05) is 18.2 Å². The molecule has 0 aliphatic carbocycles. The third-order valence-corrected chi connectivity index (χ3v) is 6.33. The normalized spacial score (nSPS) is 20.0. The van der Waals surface area contributed by atoms with Crippen LogP contribution >= 0.6 is 11.6 Å². The number of amides is 1. The van der Waals surface area contributed by atoms with Crippen molar-refractivity contribution in [2.45, 2.75) is 57.7 Å². The molecular formula is C24H31ClN2O3. The molecule has 1 aliphatic rings. The van der Waals surface area contributed by atoms with E-state index in [9.17, 15) is 4.79 Å². The molecule has 2 heterocycles. The molecule has 1 amide bonds. The molecule has 5 nitrogen and oxygen atoms in total. The Bertz CT molecular complexity index is 969. The summed E-state index contributed by atoms with van der Waals surface area (Å²) < 4.78 is 11.1. The molecule has 6 heteroatoms. The minimum Gasteiger partial charge on any atom is -0.491 e. The molecule has 2 aromatic rings.